The minimum absolute atomic E-state index is 0.458. The van der Waals surface area contributed by atoms with E-state index in [0.29, 0.717) is 11.0 Å². The van der Waals surface area contributed by atoms with Gasteiger partial charge in [0.05, 0.1) is 11.0 Å². The molecule has 0 spiro atoms. The lowest BCUT2D eigenvalue weighted by Crippen LogP contribution is -2.40. The summed E-state index contributed by atoms with van der Waals surface area (Å²) in [5.41, 5.74) is 5.94. The molecule has 0 saturated heterocycles. The van der Waals surface area contributed by atoms with Crippen molar-refractivity contribution in [1.29, 1.82) is 0 Å². The summed E-state index contributed by atoms with van der Waals surface area (Å²) in [4.78, 5) is 25.3. The lowest BCUT2D eigenvalue weighted by molar-refractivity contribution is -0.120. The first-order chi connectivity index (χ1) is 14.1. The summed E-state index contributed by atoms with van der Waals surface area (Å²) in [7, 11) is 0. The van der Waals surface area contributed by atoms with Gasteiger partial charge in [0.1, 0.15) is 0 Å². The summed E-state index contributed by atoms with van der Waals surface area (Å²) < 4.78 is 0. The Balaban J connectivity index is 2.24. The fraction of sp³-hybridized carbons (Fsp3) is 0.0435. The number of rotatable bonds is 3. The van der Waals surface area contributed by atoms with Crippen molar-refractivity contribution in [1.82, 2.24) is 5.01 Å². The molecule has 0 aliphatic carbocycles. The zero-order valence-corrected chi connectivity index (χ0v) is 16.8. The third kappa shape index (κ3) is 3.00. The fourth-order valence-electron chi connectivity index (χ4n) is 3.82. The number of primary amides is 1. The van der Waals surface area contributed by atoms with Gasteiger partial charge in [-0.3, -0.25) is 4.79 Å². The number of carbonyl (C=O) groups excluding carboxylic acids is 2. The second-order valence-corrected chi connectivity index (χ2v) is 10.0. The lowest BCUT2D eigenvalue weighted by Gasteiger charge is -2.30. The van der Waals surface area contributed by atoms with Crippen molar-refractivity contribution >= 4 is 45.7 Å². The predicted octanol–water partition coefficient (Wildman–Crippen LogP) is 2.45. The number of nitrogens with two attached hydrogens (primary N) is 1. The van der Waals surface area contributed by atoms with E-state index in [9.17, 15) is 9.59 Å². The van der Waals surface area contributed by atoms with E-state index in [1.165, 1.54) is 0 Å². The zero-order valence-electron chi connectivity index (χ0n) is 15.9. The predicted molar refractivity (Wildman–Crippen MR) is 120 cm³/mol. The first kappa shape index (κ1) is 18.9. The average Bonchev–Trinajstić information content (AvgIpc) is 3.06. The third-order valence-electron chi connectivity index (χ3n) is 4.96. The Morgan fingerprint density at radius 3 is 1.48 bits per heavy atom. The van der Waals surface area contributed by atoms with Crippen LogP contribution < -0.4 is 21.6 Å². The van der Waals surface area contributed by atoms with E-state index in [0.717, 1.165) is 20.9 Å². The molecule has 1 heterocycles. The maximum absolute atomic E-state index is 13.4. The Morgan fingerprint density at radius 2 is 1.17 bits per heavy atom. The minimum Gasteiger partial charge on any atom is -0.350 e. The SMILES string of the molecule is CC1=NN(C(N)=O)C(=O)C1=P(c1ccccc1)(c1ccccc1)c1ccccc1. The normalized spacial score (nSPS) is 14.1. The van der Waals surface area contributed by atoms with Gasteiger partial charge in [-0.15, -0.1) is 5.01 Å². The maximum Gasteiger partial charge on any atom is 0.342 e. The minimum atomic E-state index is -2.60. The fourth-order valence-corrected chi connectivity index (χ4v) is 8.26. The van der Waals surface area contributed by atoms with Crippen LogP contribution in [-0.4, -0.2) is 28.0 Å². The van der Waals surface area contributed by atoms with Gasteiger partial charge < -0.3 is 5.73 Å². The average molecular weight is 401 g/mol. The molecule has 0 unspecified atom stereocenters. The molecular formula is C23H20N3O2P. The molecule has 0 saturated carbocycles. The van der Waals surface area contributed by atoms with Crippen LogP contribution in [-0.2, 0) is 4.79 Å². The molecule has 144 valence electrons. The largest absolute Gasteiger partial charge is 0.350 e. The van der Waals surface area contributed by atoms with Crippen molar-refractivity contribution in [2.24, 2.45) is 10.8 Å². The molecule has 4 rings (SSSR count). The van der Waals surface area contributed by atoms with Crippen LogP contribution >= 0.6 is 6.89 Å². The highest BCUT2D eigenvalue weighted by molar-refractivity contribution is 7.97. The van der Waals surface area contributed by atoms with Crippen LogP contribution in [0.3, 0.4) is 0 Å². The number of nitrogens with zero attached hydrogens (tertiary/aromatic N) is 2. The molecule has 2 N–H and O–H groups in total. The number of benzene rings is 3. The van der Waals surface area contributed by atoms with Gasteiger partial charge in [-0.2, -0.15) is 5.10 Å². The van der Waals surface area contributed by atoms with E-state index in [2.05, 4.69) is 5.10 Å². The first-order valence-electron chi connectivity index (χ1n) is 9.19. The van der Waals surface area contributed by atoms with Crippen LogP contribution in [0.1, 0.15) is 6.92 Å². The Kier molecular flexibility index (Phi) is 4.91. The van der Waals surface area contributed by atoms with Crippen molar-refractivity contribution in [3.63, 3.8) is 0 Å². The summed E-state index contributed by atoms with van der Waals surface area (Å²) in [5, 5.41) is 8.56. The van der Waals surface area contributed by atoms with Gasteiger partial charge in [-0.05, 0) is 29.7 Å². The molecule has 0 bridgehead atoms. The highest BCUT2D eigenvalue weighted by Gasteiger charge is 2.41. The number of carbonyl (C=O) groups is 2. The standard InChI is InChI=1S/C23H20N3O2P/c1-17-21(22(27)26(25-17)23(24)28)29(18-11-5-2-6-12-18,19-13-7-3-8-14-19)20-15-9-4-10-16-20/h2-16H,1H3,(H2,24,28). The van der Waals surface area contributed by atoms with Crippen molar-refractivity contribution in [3.8, 4) is 0 Å². The number of imide groups is 1. The molecule has 3 aromatic rings. The van der Waals surface area contributed by atoms with Crippen LogP contribution in [0.15, 0.2) is 96.1 Å². The third-order valence-corrected chi connectivity index (χ3v) is 9.37. The van der Waals surface area contributed by atoms with Gasteiger partial charge in [0.15, 0.2) is 0 Å². The highest BCUT2D eigenvalue weighted by Crippen LogP contribution is 2.47. The maximum atomic E-state index is 13.4. The lowest BCUT2D eigenvalue weighted by atomic mass is 10.3. The molecule has 6 heteroatoms. The van der Waals surface area contributed by atoms with Gasteiger partial charge in [0.25, 0.3) is 5.91 Å². The van der Waals surface area contributed by atoms with Crippen molar-refractivity contribution < 1.29 is 9.59 Å². The molecular weight excluding hydrogens is 381 g/mol. The summed E-state index contributed by atoms with van der Waals surface area (Å²) in [6.45, 7) is -0.840. The summed E-state index contributed by atoms with van der Waals surface area (Å²) in [6, 6.07) is 29.0. The van der Waals surface area contributed by atoms with Crippen LogP contribution in [0.2, 0.25) is 0 Å². The number of amides is 3. The van der Waals surface area contributed by atoms with Gasteiger partial charge in [-0.25, -0.2) is 4.79 Å². The molecule has 1 aliphatic rings. The molecule has 0 fully saturated rings. The van der Waals surface area contributed by atoms with Crippen molar-refractivity contribution in [2.75, 3.05) is 0 Å². The van der Waals surface area contributed by atoms with E-state index in [-0.39, 0.29) is 0 Å². The second-order valence-electron chi connectivity index (χ2n) is 6.67. The summed E-state index contributed by atoms with van der Waals surface area (Å²) in [6.07, 6.45) is 0. The number of hydrogen-bond acceptors (Lipinski definition) is 3. The summed E-state index contributed by atoms with van der Waals surface area (Å²) >= 11 is 0. The molecule has 3 amide bonds. The molecule has 5 nitrogen and oxygen atoms in total. The number of hydrogen-bond donors (Lipinski definition) is 1. The van der Waals surface area contributed by atoms with Crippen LogP contribution in [0.5, 0.6) is 0 Å². The number of urea groups is 1. The quantitative estimate of drug-likeness (QED) is 0.685. The van der Waals surface area contributed by atoms with E-state index in [1.807, 2.05) is 91.0 Å². The van der Waals surface area contributed by atoms with Crippen LogP contribution in [0.4, 0.5) is 4.79 Å². The highest BCUT2D eigenvalue weighted by atomic mass is 31.2. The van der Waals surface area contributed by atoms with E-state index in [1.54, 1.807) is 6.92 Å². The van der Waals surface area contributed by atoms with E-state index < -0.39 is 18.8 Å². The van der Waals surface area contributed by atoms with Crippen LogP contribution in [0.25, 0.3) is 0 Å². The molecule has 0 atom stereocenters. The molecule has 29 heavy (non-hydrogen) atoms. The van der Waals surface area contributed by atoms with Gasteiger partial charge in [0.2, 0.25) is 0 Å². The van der Waals surface area contributed by atoms with Gasteiger partial charge >= 0.3 is 6.03 Å². The van der Waals surface area contributed by atoms with Crippen LogP contribution in [0, 0.1) is 0 Å². The Labute approximate surface area is 169 Å². The monoisotopic (exact) mass is 401 g/mol. The van der Waals surface area contributed by atoms with E-state index in [4.69, 9.17) is 5.73 Å². The number of hydrazone groups is 1. The molecule has 0 radical (unpaired) electrons. The first-order valence-corrected chi connectivity index (χ1v) is 11.0. The zero-order chi connectivity index (χ0) is 20.4. The summed E-state index contributed by atoms with van der Waals surface area (Å²) in [5.74, 6) is -0.458. The van der Waals surface area contributed by atoms with Gasteiger partial charge in [0, 0.05) is 0 Å². The van der Waals surface area contributed by atoms with Crippen molar-refractivity contribution in [3.05, 3.63) is 91.0 Å². The Hall–Kier alpha value is -3.43. The molecule has 1 aliphatic heterocycles. The smallest absolute Gasteiger partial charge is 0.342 e. The molecule has 3 aromatic carbocycles. The Bertz CT molecular complexity index is 1050. The van der Waals surface area contributed by atoms with Gasteiger partial charge in [-0.1, -0.05) is 91.0 Å². The topological polar surface area (TPSA) is 75.8 Å². The Morgan fingerprint density at radius 1 is 0.793 bits per heavy atom. The van der Waals surface area contributed by atoms with E-state index >= 15 is 0 Å². The molecule has 0 aromatic heterocycles. The second kappa shape index (κ2) is 7.53. The van der Waals surface area contributed by atoms with Crippen molar-refractivity contribution in [2.45, 2.75) is 6.92 Å².